The van der Waals surface area contributed by atoms with Gasteiger partial charge in [-0.05, 0) is 0 Å². The minimum Gasteiger partial charge on any atom is -0.393 e. The SMILES string of the molecule is OCC1(O)CO[C@@H](O)C1O. The molecular formula is C5H10O5. The van der Waals surface area contributed by atoms with Crippen LogP contribution in [0.25, 0.3) is 0 Å². The van der Waals surface area contributed by atoms with Gasteiger partial charge in [-0.15, -0.1) is 0 Å². The number of aliphatic hydroxyl groups is 4. The van der Waals surface area contributed by atoms with Gasteiger partial charge in [-0.3, -0.25) is 0 Å². The first-order valence-electron chi connectivity index (χ1n) is 2.91. The zero-order valence-electron chi connectivity index (χ0n) is 5.27. The lowest BCUT2D eigenvalue weighted by Crippen LogP contribution is -2.46. The van der Waals surface area contributed by atoms with Crippen molar-refractivity contribution in [3.63, 3.8) is 0 Å². The Morgan fingerprint density at radius 3 is 2.30 bits per heavy atom. The zero-order valence-corrected chi connectivity index (χ0v) is 5.27. The fraction of sp³-hybridized carbons (Fsp3) is 1.00. The lowest BCUT2D eigenvalue weighted by Gasteiger charge is -2.21. The molecule has 4 N–H and O–H groups in total. The first-order chi connectivity index (χ1) is 4.60. The molecule has 1 rings (SSSR count). The topological polar surface area (TPSA) is 90.2 Å². The van der Waals surface area contributed by atoms with E-state index in [0.29, 0.717) is 0 Å². The third-order valence-corrected chi connectivity index (χ3v) is 1.60. The van der Waals surface area contributed by atoms with Gasteiger partial charge in [0.15, 0.2) is 6.29 Å². The van der Waals surface area contributed by atoms with Gasteiger partial charge in [-0.25, -0.2) is 0 Å². The summed E-state index contributed by atoms with van der Waals surface area (Å²) in [6, 6.07) is 0. The van der Waals surface area contributed by atoms with Gasteiger partial charge < -0.3 is 25.2 Å². The average molecular weight is 150 g/mol. The molecule has 0 aliphatic carbocycles. The first kappa shape index (κ1) is 7.90. The summed E-state index contributed by atoms with van der Waals surface area (Å²) in [5.74, 6) is 0. The van der Waals surface area contributed by atoms with Crippen molar-refractivity contribution in [3.05, 3.63) is 0 Å². The van der Waals surface area contributed by atoms with Gasteiger partial charge in [-0.2, -0.15) is 0 Å². The van der Waals surface area contributed by atoms with Gasteiger partial charge in [0.2, 0.25) is 0 Å². The molecule has 0 saturated carbocycles. The Hall–Kier alpha value is -0.200. The summed E-state index contributed by atoms with van der Waals surface area (Å²) in [5.41, 5.74) is -1.70. The summed E-state index contributed by atoms with van der Waals surface area (Å²) in [4.78, 5) is 0. The number of aliphatic hydroxyl groups excluding tert-OH is 3. The van der Waals surface area contributed by atoms with Crippen LogP contribution in [0.2, 0.25) is 0 Å². The Kier molecular flexibility index (Phi) is 1.93. The highest BCUT2D eigenvalue weighted by Crippen LogP contribution is 2.22. The Bertz CT molecular complexity index is 127. The second kappa shape index (κ2) is 2.44. The third kappa shape index (κ3) is 1.02. The van der Waals surface area contributed by atoms with E-state index in [9.17, 15) is 0 Å². The normalized spacial score (nSPS) is 48.0. The van der Waals surface area contributed by atoms with Gasteiger partial charge in [0, 0.05) is 0 Å². The predicted molar refractivity (Wildman–Crippen MR) is 30.0 cm³/mol. The maximum atomic E-state index is 9.15. The molecule has 0 amide bonds. The van der Waals surface area contributed by atoms with E-state index in [1.165, 1.54) is 0 Å². The smallest absolute Gasteiger partial charge is 0.184 e. The highest BCUT2D eigenvalue weighted by molar-refractivity contribution is 4.92. The van der Waals surface area contributed by atoms with Crippen LogP contribution in [0.1, 0.15) is 0 Å². The van der Waals surface area contributed by atoms with Crippen LogP contribution >= 0.6 is 0 Å². The molecule has 1 heterocycles. The Morgan fingerprint density at radius 2 is 2.10 bits per heavy atom. The Labute approximate surface area is 57.5 Å². The molecule has 0 aromatic heterocycles. The van der Waals surface area contributed by atoms with Crippen molar-refractivity contribution in [2.24, 2.45) is 0 Å². The van der Waals surface area contributed by atoms with E-state index in [2.05, 4.69) is 4.74 Å². The molecule has 3 atom stereocenters. The highest BCUT2D eigenvalue weighted by Gasteiger charge is 2.46. The van der Waals surface area contributed by atoms with Gasteiger partial charge in [0.1, 0.15) is 11.7 Å². The van der Waals surface area contributed by atoms with E-state index in [-0.39, 0.29) is 6.61 Å². The summed E-state index contributed by atoms with van der Waals surface area (Å²) < 4.78 is 4.47. The van der Waals surface area contributed by atoms with Crippen molar-refractivity contribution in [1.29, 1.82) is 0 Å². The number of rotatable bonds is 1. The van der Waals surface area contributed by atoms with Gasteiger partial charge in [0.25, 0.3) is 0 Å². The van der Waals surface area contributed by atoms with Crippen LogP contribution in [0.3, 0.4) is 0 Å². The van der Waals surface area contributed by atoms with E-state index in [1.54, 1.807) is 0 Å². The molecule has 0 aromatic rings. The first-order valence-corrected chi connectivity index (χ1v) is 2.91. The molecule has 1 fully saturated rings. The molecule has 5 nitrogen and oxygen atoms in total. The van der Waals surface area contributed by atoms with E-state index in [0.717, 1.165) is 0 Å². The molecule has 0 bridgehead atoms. The summed E-state index contributed by atoms with van der Waals surface area (Å²) in [7, 11) is 0. The molecule has 60 valence electrons. The molecule has 1 aliphatic rings. The standard InChI is InChI=1S/C5H10O5/c6-1-5(9)2-10-4(8)3(5)7/h3-4,6-9H,1-2H2/t3?,4-,5?/m1/s1. The maximum absolute atomic E-state index is 9.15. The van der Waals surface area contributed by atoms with Crippen molar-refractivity contribution in [1.82, 2.24) is 0 Å². The molecular weight excluding hydrogens is 140 g/mol. The fourth-order valence-electron chi connectivity index (χ4n) is 0.811. The minimum absolute atomic E-state index is 0.244. The molecule has 1 aliphatic heterocycles. The quantitative estimate of drug-likeness (QED) is 0.329. The molecule has 1 saturated heterocycles. The largest absolute Gasteiger partial charge is 0.393 e. The van der Waals surface area contributed by atoms with Crippen molar-refractivity contribution in [2.45, 2.75) is 18.0 Å². The van der Waals surface area contributed by atoms with Crippen LogP contribution in [-0.2, 0) is 4.74 Å². The second-order valence-electron chi connectivity index (χ2n) is 2.41. The second-order valence-corrected chi connectivity index (χ2v) is 2.41. The van der Waals surface area contributed by atoms with E-state index in [1.807, 2.05) is 0 Å². The number of ether oxygens (including phenoxy) is 1. The van der Waals surface area contributed by atoms with Crippen molar-refractivity contribution in [3.8, 4) is 0 Å². The average Bonchev–Trinajstić information content (AvgIpc) is 2.19. The van der Waals surface area contributed by atoms with Gasteiger partial charge in [-0.1, -0.05) is 0 Å². The van der Waals surface area contributed by atoms with Gasteiger partial charge in [0.05, 0.1) is 13.2 Å². The van der Waals surface area contributed by atoms with Crippen LogP contribution < -0.4 is 0 Å². The summed E-state index contributed by atoms with van der Waals surface area (Å²) >= 11 is 0. The van der Waals surface area contributed by atoms with Gasteiger partial charge >= 0.3 is 0 Å². The molecule has 0 spiro atoms. The third-order valence-electron chi connectivity index (χ3n) is 1.60. The zero-order chi connectivity index (χ0) is 7.78. The monoisotopic (exact) mass is 150 g/mol. The van der Waals surface area contributed by atoms with Crippen LogP contribution in [0.5, 0.6) is 0 Å². The van der Waals surface area contributed by atoms with Crippen molar-refractivity contribution >= 4 is 0 Å². The van der Waals surface area contributed by atoms with Crippen molar-refractivity contribution < 1.29 is 25.2 Å². The van der Waals surface area contributed by atoms with E-state index >= 15 is 0 Å². The highest BCUT2D eigenvalue weighted by atomic mass is 16.6. The van der Waals surface area contributed by atoms with Crippen LogP contribution in [0.4, 0.5) is 0 Å². The minimum atomic E-state index is -1.70. The Morgan fingerprint density at radius 1 is 1.50 bits per heavy atom. The van der Waals surface area contributed by atoms with E-state index < -0.39 is 24.6 Å². The van der Waals surface area contributed by atoms with Crippen LogP contribution in [-0.4, -0.2) is 51.6 Å². The van der Waals surface area contributed by atoms with Crippen molar-refractivity contribution in [2.75, 3.05) is 13.2 Å². The van der Waals surface area contributed by atoms with Crippen LogP contribution in [0, 0.1) is 0 Å². The van der Waals surface area contributed by atoms with Crippen LogP contribution in [0.15, 0.2) is 0 Å². The molecule has 0 radical (unpaired) electrons. The Balaban J connectivity index is 2.64. The lowest BCUT2D eigenvalue weighted by atomic mass is 10.0. The number of hydrogen-bond donors (Lipinski definition) is 4. The lowest BCUT2D eigenvalue weighted by molar-refractivity contribution is -0.128. The molecule has 0 aromatic carbocycles. The molecule has 10 heavy (non-hydrogen) atoms. The molecule has 2 unspecified atom stereocenters. The summed E-state index contributed by atoms with van der Waals surface area (Å²) in [6.07, 6.45) is -2.81. The molecule has 5 heteroatoms. The fourth-order valence-corrected chi connectivity index (χ4v) is 0.811. The maximum Gasteiger partial charge on any atom is 0.184 e. The summed E-state index contributed by atoms with van der Waals surface area (Å²) in [6.45, 7) is -0.864. The van der Waals surface area contributed by atoms with E-state index in [4.69, 9.17) is 20.4 Å². The summed E-state index contributed by atoms with van der Waals surface area (Å²) in [5, 5.41) is 35.3. The number of hydrogen-bond acceptors (Lipinski definition) is 5. The predicted octanol–water partition coefficient (Wildman–Crippen LogP) is -2.58.